The van der Waals surface area contributed by atoms with Crippen LogP contribution >= 0.6 is 27.5 Å². The van der Waals surface area contributed by atoms with Gasteiger partial charge in [-0.3, -0.25) is 0 Å². The fourth-order valence-electron chi connectivity index (χ4n) is 2.79. The van der Waals surface area contributed by atoms with Crippen LogP contribution in [0.15, 0.2) is 22.7 Å². The zero-order chi connectivity index (χ0) is 14.4. The van der Waals surface area contributed by atoms with Gasteiger partial charge in [0.05, 0.1) is 0 Å². The van der Waals surface area contributed by atoms with Crippen LogP contribution in [0.1, 0.15) is 38.2 Å². The van der Waals surface area contributed by atoms with Crippen molar-refractivity contribution in [1.82, 2.24) is 10.2 Å². The number of nitrogens with one attached hydrogen (secondary N) is 1. The van der Waals surface area contributed by atoms with Gasteiger partial charge in [0, 0.05) is 22.1 Å². The van der Waals surface area contributed by atoms with Crippen LogP contribution in [0.4, 0.5) is 0 Å². The summed E-state index contributed by atoms with van der Waals surface area (Å²) in [7, 11) is 0. The third-order valence-corrected chi connectivity index (χ3v) is 5.04. The molecule has 1 atom stereocenters. The molecule has 4 heteroatoms. The Balaban J connectivity index is 1.64. The summed E-state index contributed by atoms with van der Waals surface area (Å²) in [6.07, 6.45) is 5.36. The summed E-state index contributed by atoms with van der Waals surface area (Å²) >= 11 is 9.50. The molecule has 20 heavy (non-hydrogen) atoms. The van der Waals surface area contributed by atoms with Gasteiger partial charge in [-0.15, -0.1) is 0 Å². The summed E-state index contributed by atoms with van der Waals surface area (Å²) in [5.41, 5.74) is 1.26. The first-order chi connectivity index (χ1) is 9.66. The van der Waals surface area contributed by atoms with Crippen LogP contribution in [0.5, 0.6) is 0 Å². The largest absolute Gasteiger partial charge is 0.313 e. The second-order valence-corrected chi connectivity index (χ2v) is 6.94. The highest BCUT2D eigenvalue weighted by Gasteiger charge is 2.16. The molecule has 1 fully saturated rings. The molecule has 2 rings (SSSR count). The lowest BCUT2D eigenvalue weighted by Gasteiger charge is -2.33. The first kappa shape index (κ1) is 16.3. The quantitative estimate of drug-likeness (QED) is 0.755. The molecule has 0 radical (unpaired) electrons. The molecule has 1 aromatic carbocycles. The van der Waals surface area contributed by atoms with Crippen LogP contribution in [-0.4, -0.2) is 30.6 Å². The molecule has 2 nitrogen and oxygen atoms in total. The van der Waals surface area contributed by atoms with E-state index < -0.39 is 0 Å². The third kappa shape index (κ3) is 5.03. The van der Waals surface area contributed by atoms with Crippen molar-refractivity contribution >= 4 is 27.5 Å². The molecule has 1 unspecified atom stereocenters. The SMILES string of the molecule is CC1CCCCN1CCCNCc1ccc(Cl)cc1Br. The molecule has 0 aromatic heterocycles. The minimum Gasteiger partial charge on any atom is -0.313 e. The summed E-state index contributed by atoms with van der Waals surface area (Å²) < 4.78 is 1.09. The highest BCUT2D eigenvalue weighted by Crippen LogP contribution is 2.21. The van der Waals surface area contributed by atoms with E-state index in [0.29, 0.717) is 0 Å². The standard InChI is InChI=1S/C16H24BrClN2/c1-13-5-2-3-9-20(13)10-4-8-19-12-14-6-7-15(18)11-16(14)17/h6-7,11,13,19H,2-5,8-10,12H2,1H3. The average Bonchev–Trinajstić information content (AvgIpc) is 2.42. The lowest BCUT2D eigenvalue weighted by Crippen LogP contribution is -2.38. The van der Waals surface area contributed by atoms with E-state index in [4.69, 9.17) is 11.6 Å². The first-order valence-electron chi connectivity index (χ1n) is 7.55. The van der Waals surface area contributed by atoms with Crippen LogP contribution in [0.3, 0.4) is 0 Å². The van der Waals surface area contributed by atoms with E-state index in [-0.39, 0.29) is 0 Å². The van der Waals surface area contributed by atoms with Gasteiger partial charge in [-0.25, -0.2) is 0 Å². The van der Waals surface area contributed by atoms with Crippen molar-refractivity contribution < 1.29 is 0 Å². The number of hydrogen-bond donors (Lipinski definition) is 1. The van der Waals surface area contributed by atoms with E-state index in [1.807, 2.05) is 12.1 Å². The van der Waals surface area contributed by atoms with Crippen molar-refractivity contribution in [2.45, 2.75) is 45.2 Å². The molecule has 1 aliphatic heterocycles. The van der Waals surface area contributed by atoms with Crippen molar-refractivity contribution in [2.75, 3.05) is 19.6 Å². The van der Waals surface area contributed by atoms with Crippen LogP contribution in [0.2, 0.25) is 5.02 Å². The number of nitrogens with zero attached hydrogens (tertiary/aromatic N) is 1. The predicted octanol–water partition coefficient (Wildman–Crippen LogP) is 4.46. The van der Waals surface area contributed by atoms with Gasteiger partial charge in [-0.2, -0.15) is 0 Å². The molecular formula is C16H24BrClN2. The van der Waals surface area contributed by atoms with Crippen LogP contribution in [0.25, 0.3) is 0 Å². The maximum atomic E-state index is 5.94. The molecule has 1 saturated heterocycles. The summed E-state index contributed by atoms with van der Waals surface area (Å²) in [6.45, 7) is 6.82. The molecule has 1 aromatic rings. The molecule has 0 saturated carbocycles. The van der Waals surface area contributed by atoms with Gasteiger partial charge < -0.3 is 10.2 Å². The van der Waals surface area contributed by atoms with E-state index in [1.54, 1.807) is 0 Å². The van der Waals surface area contributed by atoms with E-state index in [2.05, 4.69) is 39.1 Å². The molecule has 1 N–H and O–H groups in total. The summed E-state index contributed by atoms with van der Waals surface area (Å²) in [6, 6.07) is 6.74. The van der Waals surface area contributed by atoms with Crippen molar-refractivity contribution in [3.8, 4) is 0 Å². The van der Waals surface area contributed by atoms with Gasteiger partial charge in [0.2, 0.25) is 0 Å². The number of hydrogen-bond acceptors (Lipinski definition) is 2. The topological polar surface area (TPSA) is 15.3 Å². The lowest BCUT2D eigenvalue weighted by atomic mass is 10.0. The predicted molar refractivity (Wildman–Crippen MR) is 90.4 cm³/mol. The zero-order valence-electron chi connectivity index (χ0n) is 12.2. The number of piperidine rings is 1. The normalized spacial score (nSPS) is 20.2. The molecule has 0 amide bonds. The Bertz CT molecular complexity index is 425. The Kier molecular flexibility index (Phi) is 6.82. The Morgan fingerprint density at radius 1 is 1.40 bits per heavy atom. The Morgan fingerprint density at radius 3 is 3.00 bits per heavy atom. The van der Waals surface area contributed by atoms with Gasteiger partial charge in [-0.05, 0) is 63.5 Å². The second kappa shape index (κ2) is 8.38. The number of halogens is 2. The van der Waals surface area contributed by atoms with Crippen LogP contribution < -0.4 is 5.32 Å². The van der Waals surface area contributed by atoms with Crippen molar-refractivity contribution in [2.24, 2.45) is 0 Å². The smallest absolute Gasteiger partial charge is 0.0417 e. The van der Waals surface area contributed by atoms with Crippen molar-refractivity contribution in [3.05, 3.63) is 33.3 Å². The molecule has 0 aliphatic carbocycles. The van der Waals surface area contributed by atoms with Gasteiger partial charge in [-0.1, -0.05) is 40.0 Å². The molecule has 112 valence electrons. The number of benzene rings is 1. The maximum Gasteiger partial charge on any atom is 0.0417 e. The highest BCUT2D eigenvalue weighted by molar-refractivity contribution is 9.10. The van der Waals surface area contributed by atoms with Crippen LogP contribution in [0, 0.1) is 0 Å². The number of likely N-dealkylation sites (tertiary alicyclic amines) is 1. The van der Waals surface area contributed by atoms with Gasteiger partial charge in [0.25, 0.3) is 0 Å². The third-order valence-electron chi connectivity index (χ3n) is 4.07. The van der Waals surface area contributed by atoms with E-state index in [1.165, 1.54) is 44.3 Å². The van der Waals surface area contributed by atoms with Gasteiger partial charge in [0.1, 0.15) is 0 Å². The Hall–Kier alpha value is -0.0900. The van der Waals surface area contributed by atoms with E-state index >= 15 is 0 Å². The lowest BCUT2D eigenvalue weighted by molar-refractivity contribution is 0.159. The Labute approximate surface area is 136 Å². The fraction of sp³-hybridized carbons (Fsp3) is 0.625. The first-order valence-corrected chi connectivity index (χ1v) is 8.72. The highest BCUT2D eigenvalue weighted by atomic mass is 79.9. The summed E-state index contributed by atoms with van der Waals surface area (Å²) in [5.74, 6) is 0. The minimum absolute atomic E-state index is 0.772. The van der Waals surface area contributed by atoms with Gasteiger partial charge >= 0.3 is 0 Å². The van der Waals surface area contributed by atoms with Gasteiger partial charge in [0.15, 0.2) is 0 Å². The monoisotopic (exact) mass is 358 g/mol. The zero-order valence-corrected chi connectivity index (χ0v) is 14.5. The molecular weight excluding hydrogens is 336 g/mol. The Morgan fingerprint density at radius 2 is 2.25 bits per heavy atom. The van der Waals surface area contributed by atoms with Crippen LogP contribution in [-0.2, 0) is 6.54 Å². The molecule has 0 bridgehead atoms. The molecule has 1 heterocycles. The fourth-order valence-corrected chi connectivity index (χ4v) is 3.61. The minimum atomic E-state index is 0.772. The van der Waals surface area contributed by atoms with E-state index in [9.17, 15) is 0 Å². The van der Waals surface area contributed by atoms with Crippen molar-refractivity contribution in [1.29, 1.82) is 0 Å². The second-order valence-electron chi connectivity index (χ2n) is 5.65. The molecule has 1 aliphatic rings. The van der Waals surface area contributed by atoms with E-state index in [0.717, 1.165) is 28.6 Å². The average molecular weight is 360 g/mol. The number of rotatable bonds is 6. The maximum absolute atomic E-state index is 5.94. The van der Waals surface area contributed by atoms with Crippen molar-refractivity contribution in [3.63, 3.8) is 0 Å². The summed E-state index contributed by atoms with van der Waals surface area (Å²) in [4.78, 5) is 2.63. The molecule has 0 spiro atoms. The summed E-state index contributed by atoms with van der Waals surface area (Å²) in [5, 5.41) is 4.29.